The van der Waals surface area contributed by atoms with Crippen molar-refractivity contribution in [2.45, 2.75) is 51.5 Å². The Hall–Kier alpha value is -1.08. The molecule has 0 aromatic rings. The van der Waals surface area contributed by atoms with Gasteiger partial charge < -0.3 is 5.32 Å². The molecular formula is C15H25N3O. The molecule has 1 aliphatic heterocycles. The molecule has 2 aliphatic rings. The molecule has 19 heavy (non-hydrogen) atoms. The van der Waals surface area contributed by atoms with Gasteiger partial charge in [-0.15, -0.1) is 0 Å². The van der Waals surface area contributed by atoms with Crippen LogP contribution in [0.3, 0.4) is 0 Å². The standard InChI is InChI=1S/C15H25N3O/c1-12-2-4-13(5-3-12)15(19)17-14-6-9-18(10-7-14)11-8-16/h12-14H,2-7,9-11H2,1H3,(H,17,19). The van der Waals surface area contributed by atoms with Gasteiger partial charge in [0.25, 0.3) is 0 Å². The highest BCUT2D eigenvalue weighted by Gasteiger charge is 2.27. The van der Waals surface area contributed by atoms with E-state index in [0.717, 1.165) is 44.7 Å². The van der Waals surface area contributed by atoms with Crippen LogP contribution in [-0.4, -0.2) is 36.5 Å². The monoisotopic (exact) mass is 263 g/mol. The van der Waals surface area contributed by atoms with Gasteiger partial charge in [0, 0.05) is 25.0 Å². The van der Waals surface area contributed by atoms with Crippen molar-refractivity contribution in [3.63, 3.8) is 0 Å². The maximum atomic E-state index is 12.2. The number of hydrogen-bond acceptors (Lipinski definition) is 3. The number of nitriles is 1. The molecule has 106 valence electrons. The molecule has 0 aromatic heterocycles. The number of nitrogens with zero attached hydrogens (tertiary/aromatic N) is 2. The maximum Gasteiger partial charge on any atom is 0.223 e. The van der Waals surface area contributed by atoms with Gasteiger partial charge in [-0.3, -0.25) is 9.69 Å². The molecule has 0 bridgehead atoms. The van der Waals surface area contributed by atoms with Crippen molar-refractivity contribution < 1.29 is 4.79 Å². The van der Waals surface area contributed by atoms with Gasteiger partial charge >= 0.3 is 0 Å². The third-order valence-electron chi connectivity index (χ3n) is 4.61. The van der Waals surface area contributed by atoms with Gasteiger partial charge in [0.05, 0.1) is 12.6 Å². The van der Waals surface area contributed by atoms with E-state index in [1.165, 1.54) is 12.8 Å². The Morgan fingerprint density at radius 2 is 1.84 bits per heavy atom. The topological polar surface area (TPSA) is 56.1 Å². The van der Waals surface area contributed by atoms with Crippen molar-refractivity contribution in [1.82, 2.24) is 10.2 Å². The van der Waals surface area contributed by atoms with Crippen LogP contribution in [0.25, 0.3) is 0 Å². The highest BCUT2D eigenvalue weighted by molar-refractivity contribution is 5.79. The fourth-order valence-corrected chi connectivity index (χ4v) is 3.18. The summed E-state index contributed by atoms with van der Waals surface area (Å²) in [4.78, 5) is 14.4. The second kappa shape index (κ2) is 6.91. The highest BCUT2D eigenvalue weighted by Crippen LogP contribution is 2.28. The van der Waals surface area contributed by atoms with Gasteiger partial charge in [-0.2, -0.15) is 5.26 Å². The summed E-state index contributed by atoms with van der Waals surface area (Å²) in [5.74, 6) is 1.30. The minimum Gasteiger partial charge on any atom is -0.353 e. The number of rotatable bonds is 3. The Bertz CT molecular complexity index is 334. The molecule has 2 fully saturated rings. The van der Waals surface area contributed by atoms with Crippen molar-refractivity contribution in [3.05, 3.63) is 0 Å². The lowest BCUT2D eigenvalue weighted by molar-refractivity contribution is -0.127. The second-order valence-corrected chi connectivity index (χ2v) is 6.17. The van der Waals surface area contributed by atoms with Gasteiger partial charge in [0.2, 0.25) is 5.91 Å². The van der Waals surface area contributed by atoms with E-state index in [1.54, 1.807) is 0 Å². The number of hydrogen-bond donors (Lipinski definition) is 1. The quantitative estimate of drug-likeness (QED) is 0.791. The molecule has 0 aromatic carbocycles. The lowest BCUT2D eigenvalue weighted by atomic mass is 9.82. The SMILES string of the molecule is CC1CCC(C(=O)NC2CCN(CC#N)CC2)CC1. The molecule has 4 heteroatoms. The molecule has 2 rings (SSSR count). The Balaban J connectivity index is 1.70. The van der Waals surface area contributed by atoms with Gasteiger partial charge in [0.1, 0.15) is 0 Å². The minimum absolute atomic E-state index is 0.244. The van der Waals surface area contributed by atoms with Crippen molar-refractivity contribution in [2.24, 2.45) is 11.8 Å². The summed E-state index contributed by atoms with van der Waals surface area (Å²) in [6, 6.07) is 2.51. The zero-order valence-corrected chi connectivity index (χ0v) is 11.9. The van der Waals surface area contributed by atoms with E-state index in [4.69, 9.17) is 5.26 Å². The average Bonchev–Trinajstić information content (AvgIpc) is 2.42. The van der Waals surface area contributed by atoms with Crippen LogP contribution in [0.2, 0.25) is 0 Å². The zero-order valence-electron chi connectivity index (χ0n) is 11.9. The summed E-state index contributed by atoms with van der Waals surface area (Å²) in [6.07, 6.45) is 6.46. The highest BCUT2D eigenvalue weighted by atomic mass is 16.1. The third kappa shape index (κ3) is 4.21. The first kappa shape index (κ1) is 14.3. The molecule has 0 unspecified atom stereocenters. The van der Waals surface area contributed by atoms with Crippen LogP contribution in [0.15, 0.2) is 0 Å². The second-order valence-electron chi connectivity index (χ2n) is 6.17. The molecule has 1 amide bonds. The average molecular weight is 263 g/mol. The van der Waals surface area contributed by atoms with Crippen molar-refractivity contribution in [1.29, 1.82) is 5.26 Å². The predicted octanol–water partition coefficient (Wildman–Crippen LogP) is 1.92. The summed E-state index contributed by atoms with van der Waals surface area (Å²) in [5.41, 5.74) is 0. The van der Waals surface area contributed by atoms with Crippen LogP contribution in [-0.2, 0) is 4.79 Å². The fourth-order valence-electron chi connectivity index (χ4n) is 3.18. The van der Waals surface area contributed by atoms with Crippen LogP contribution in [0, 0.1) is 23.2 Å². The minimum atomic E-state index is 0.244. The number of carbonyl (C=O) groups excluding carboxylic acids is 1. The molecule has 1 heterocycles. The molecule has 0 radical (unpaired) electrons. The number of piperidine rings is 1. The smallest absolute Gasteiger partial charge is 0.223 e. The van der Waals surface area contributed by atoms with Crippen molar-refractivity contribution in [3.8, 4) is 6.07 Å². The molecule has 0 atom stereocenters. The lowest BCUT2D eigenvalue weighted by Gasteiger charge is -2.32. The summed E-state index contributed by atoms with van der Waals surface area (Å²) in [5, 5.41) is 11.9. The Labute approximate surface area is 116 Å². The Kier molecular flexibility index (Phi) is 5.21. The van der Waals surface area contributed by atoms with E-state index in [-0.39, 0.29) is 11.8 Å². The number of likely N-dealkylation sites (tertiary alicyclic amines) is 1. The van der Waals surface area contributed by atoms with Crippen LogP contribution >= 0.6 is 0 Å². The molecule has 1 saturated heterocycles. The van der Waals surface area contributed by atoms with Crippen LogP contribution in [0.4, 0.5) is 0 Å². The van der Waals surface area contributed by atoms with Crippen molar-refractivity contribution >= 4 is 5.91 Å². The molecular weight excluding hydrogens is 238 g/mol. The van der Waals surface area contributed by atoms with Gasteiger partial charge in [-0.1, -0.05) is 6.92 Å². The summed E-state index contributed by atoms with van der Waals surface area (Å²) >= 11 is 0. The maximum absolute atomic E-state index is 12.2. The summed E-state index contributed by atoms with van der Waals surface area (Å²) < 4.78 is 0. The first-order valence-electron chi connectivity index (χ1n) is 7.58. The first-order chi connectivity index (χ1) is 9.19. The van der Waals surface area contributed by atoms with Crippen molar-refractivity contribution in [2.75, 3.05) is 19.6 Å². The molecule has 1 aliphatic carbocycles. The largest absolute Gasteiger partial charge is 0.353 e. The van der Waals surface area contributed by atoms with Crippen LogP contribution < -0.4 is 5.32 Å². The van der Waals surface area contributed by atoms with Crippen LogP contribution in [0.1, 0.15) is 45.4 Å². The van der Waals surface area contributed by atoms with E-state index in [9.17, 15) is 4.79 Å². The van der Waals surface area contributed by atoms with Gasteiger partial charge in [0.15, 0.2) is 0 Å². The van der Waals surface area contributed by atoms with E-state index in [2.05, 4.69) is 23.2 Å². The summed E-state index contributed by atoms with van der Waals surface area (Å²) in [7, 11) is 0. The zero-order chi connectivity index (χ0) is 13.7. The van der Waals surface area contributed by atoms with E-state index < -0.39 is 0 Å². The molecule has 1 N–H and O–H groups in total. The molecule has 1 saturated carbocycles. The first-order valence-corrected chi connectivity index (χ1v) is 7.58. The number of nitrogens with one attached hydrogen (secondary N) is 1. The third-order valence-corrected chi connectivity index (χ3v) is 4.61. The van der Waals surface area contributed by atoms with E-state index in [1.807, 2.05) is 0 Å². The molecule has 0 spiro atoms. The van der Waals surface area contributed by atoms with Crippen LogP contribution in [0.5, 0.6) is 0 Å². The Morgan fingerprint density at radius 3 is 2.42 bits per heavy atom. The summed E-state index contributed by atoms with van der Waals surface area (Å²) in [6.45, 7) is 4.65. The number of amides is 1. The molecule has 4 nitrogen and oxygen atoms in total. The van der Waals surface area contributed by atoms with Gasteiger partial charge in [-0.25, -0.2) is 0 Å². The lowest BCUT2D eigenvalue weighted by Crippen LogP contribution is -2.46. The number of carbonyl (C=O) groups is 1. The predicted molar refractivity (Wildman–Crippen MR) is 74.3 cm³/mol. The Morgan fingerprint density at radius 1 is 1.21 bits per heavy atom. The van der Waals surface area contributed by atoms with Gasteiger partial charge in [-0.05, 0) is 44.4 Å². The fraction of sp³-hybridized carbons (Fsp3) is 0.867. The van der Waals surface area contributed by atoms with E-state index >= 15 is 0 Å². The van der Waals surface area contributed by atoms with E-state index in [0.29, 0.717) is 12.6 Å². The normalized spacial score (nSPS) is 29.7.